The van der Waals surface area contributed by atoms with E-state index in [9.17, 15) is 23.3 Å². The summed E-state index contributed by atoms with van der Waals surface area (Å²) in [4.78, 5) is 29.2. The summed E-state index contributed by atoms with van der Waals surface area (Å²) in [5.41, 5.74) is 0.260. The van der Waals surface area contributed by atoms with Crippen molar-refractivity contribution in [1.82, 2.24) is 9.88 Å². The van der Waals surface area contributed by atoms with Gasteiger partial charge in [0, 0.05) is 30.3 Å². The lowest BCUT2D eigenvalue weighted by Gasteiger charge is -2.26. The average Bonchev–Trinajstić information content (AvgIpc) is 3.01. The summed E-state index contributed by atoms with van der Waals surface area (Å²) in [5.74, 6) is 0.325. The maximum Gasteiger partial charge on any atom is 0.289 e. The van der Waals surface area contributed by atoms with Gasteiger partial charge in [0.05, 0.1) is 22.1 Å². The highest BCUT2D eigenvalue weighted by atomic mass is 35.5. The minimum Gasteiger partial charge on any atom is -0.337 e. The lowest BCUT2D eigenvalue weighted by molar-refractivity contribution is -0.384. The number of nitro benzene ring substituents is 1. The van der Waals surface area contributed by atoms with E-state index >= 15 is 0 Å². The van der Waals surface area contributed by atoms with E-state index < -0.39 is 20.6 Å². The number of fused-ring (bicyclic) bond motifs is 1. The number of anilines is 1. The molecule has 0 spiro atoms. The third-order valence-electron chi connectivity index (χ3n) is 4.31. The van der Waals surface area contributed by atoms with Crippen molar-refractivity contribution < 1.29 is 18.1 Å². The lowest BCUT2D eigenvalue weighted by Crippen LogP contribution is -2.36. The van der Waals surface area contributed by atoms with E-state index in [0.29, 0.717) is 25.9 Å². The second kappa shape index (κ2) is 8.25. The van der Waals surface area contributed by atoms with Gasteiger partial charge in [-0.15, -0.1) is 0 Å². The molecule has 156 valence electrons. The molecule has 0 atom stereocenters. The van der Waals surface area contributed by atoms with Gasteiger partial charge >= 0.3 is 0 Å². The molecule has 12 heteroatoms. The smallest absolute Gasteiger partial charge is 0.289 e. The maximum atomic E-state index is 12.6. The zero-order chi connectivity index (χ0) is 21.3. The Labute approximate surface area is 176 Å². The van der Waals surface area contributed by atoms with Gasteiger partial charge in [0.25, 0.3) is 15.7 Å². The monoisotopic (exact) mass is 458 g/mol. The number of amides is 1. The Balaban J connectivity index is 1.79. The van der Waals surface area contributed by atoms with Crippen molar-refractivity contribution in [1.29, 1.82) is 0 Å². The van der Waals surface area contributed by atoms with E-state index in [1.165, 1.54) is 12.1 Å². The van der Waals surface area contributed by atoms with Crippen LogP contribution in [0.25, 0.3) is 0 Å². The number of rotatable bonds is 6. The fourth-order valence-corrected chi connectivity index (χ4v) is 5.37. The molecule has 2 aromatic rings. The molecule has 0 bridgehead atoms. The molecule has 1 aromatic heterocycles. The Morgan fingerprint density at radius 1 is 1.45 bits per heavy atom. The van der Waals surface area contributed by atoms with Gasteiger partial charge in [0.1, 0.15) is 5.02 Å². The zero-order valence-corrected chi connectivity index (χ0v) is 18.1. The van der Waals surface area contributed by atoms with E-state index in [2.05, 4.69) is 9.71 Å². The molecule has 1 amide bonds. The Morgan fingerprint density at radius 3 is 2.83 bits per heavy atom. The number of sulfonamides is 1. The van der Waals surface area contributed by atoms with Crippen LogP contribution in [0.5, 0.6) is 0 Å². The summed E-state index contributed by atoms with van der Waals surface area (Å²) in [5, 5.41) is 11.0. The maximum absolute atomic E-state index is 12.6. The quantitative estimate of drug-likeness (QED) is 0.522. The first-order chi connectivity index (χ1) is 13.6. The molecule has 0 fully saturated rings. The van der Waals surface area contributed by atoms with Crippen LogP contribution in [0.4, 0.5) is 10.8 Å². The summed E-state index contributed by atoms with van der Waals surface area (Å²) >= 11 is 6.90. The van der Waals surface area contributed by atoms with Crippen LogP contribution in [0.2, 0.25) is 5.02 Å². The number of hydrogen-bond acceptors (Lipinski definition) is 7. The van der Waals surface area contributed by atoms with Gasteiger partial charge in [-0.2, -0.15) is 0 Å². The first-order valence-corrected chi connectivity index (χ1v) is 11.5. The average molecular weight is 459 g/mol. The van der Waals surface area contributed by atoms with Crippen LogP contribution in [0.1, 0.15) is 30.8 Å². The number of halogens is 1. The Bertz CT molecular complexity index is 1070. The molecule has 0 saturated carbocycles. The second-order valence-electron chi connectivity index (χ2n) is 7.03. The summed E-state index contributed by atoms with van der Waals surface area (Å²) in [6, 6.07) is 3.27. The minimum atomic E-state index is -4.08. The lowest BCUT2D eigenvalue weighted by atomic mass is 10.1. The normalized spacial score (nSPS) is 14.0. The van der Waals surface area contributed by atoms with Gasteiger partial charge in [0.2, 0.25) is 5.91 Å². The van der Waals surface area contributed by atoms with Gasteiger partial charge in [-0.3, -0.25) is 19.6 Å². The topological polar surface area (TPSA) is 123 Å². The van der Waals surface area contributed by atoms with Crippen LogP contribution in [-0.4, -0.2) is 35.7 Å². The number of nitrogens with one attached hydrogen (secondary N) is 1. The van der Waals surface area contributed by atoms with Crippen LogP contribution in [0, 0.1) is 16.0 Å². The molecule has 9 nitrogen and oxygen atoms in total. The zero-order valence-electron chi connectivity index (χ0n) is 15.7. The predicted molar refractivity (Wildman–Crippen MR) is 110 cm³/mol. The van der Waals surface area contributed by atoms with Gasteiger partial charge in [-0.1, -0.05) is 36.8 Å². The Kier molecular flexibility index (Phi) is 6.11. The summed E-state index contributed by atoms with van der Waals surface area (Å²) in [6.45, 7) is 4.90. The predicted octanol–water partition coefficient (Wildman–Crippen LogP) is 3.44. The fraction of sp³-hybridized carbons (Fsp3) is 0.412. The molecule has 0 radical (unpaired) electrons. The van der Waals surface area contributed by atoms with Crippen molar-refractivity contribution in [2.45, 2.75) is 38.1 Å². The van der Waals surface area contributed by atoms with E-state index in [1.807, 2.05) is 13.8 Å². The van der Waals surface area contributed by atoms with Crippen LogP contribution in [-0.2, 0) is 27.8 Å². The standard InChI is InChI=1S/C17H19ClN4O5S2/c1-10(2)7-16(23)21-6-5-13-15(9-21)28-17(19-13)20-29(26,27)11-3-4-12(18)14(8-11)22(24)25/h3-4,8,10H,5-7,9H2,1-2H3,(H,19,20). The van der Waals surface area contributed by atoms with Gasteiger partial charge in [-0.25, -0.2) is 13.4 Å². The number of thiazole rings is 1. The molecule has 0 aliphatic carbocycles. The minimum absolute atomic E-state index is 0.0645. The number of carbonyl (C=O) groups is 1. The number of nitro groups is 1. The molecule has 1 aromatic carbocycles. The molecule has 0 saturated heterocycles. The Hall–Kier alpha value is -2.24. The Morgan fingerprint density at radius 2 is 2.17 bits per heavy atom. The molecule has 3 rings (SSSR count). The van der Waals surface area contributed by atoms with Crippen molar-refractivity contribution in [3.63, 3.8) is 0 Å². The second-order valence-corrected chi connectivity index (χ2v) is 10.2. The van der Waals surface area contributed by atoms with Gasteiger partial charge in [-0.05, 0) is 18.1 Å². The van der Waals surface area contributed by atoms with Crippen molar-refractivity contribution in [2.24, 2.45) is 5.92 Å². The highest BCUT2D eigenvalue weighted by Gasteiger charge is 2.27. The number of benzene rings is 1. The first kappa shape index (κ1) is 21.5. The summed E-state index contributed by atoms with van der Waals surface area (Å²) < 4.78 is 27.6. The van der Waals surface area contributed by atoms with Gasteiger partial charge in [0.15, 0.2) is 5.13 Å². The SMILES string of the molecule is CC(C)CC(=O)N1CCc2nc(NS(=O)(=O)c3ccc(Cl)c([N+](=O)[O-])c3)sc2C1. The van der Waals surface area contributed by atoms with Crippen molar-refractivity contribution >= 4 is 49.7 Å². The number of carbonyl (C=O) groups excluding carboxylic acids is 1. The number of hydrogen-bond donors (Lipinski definition) is 1. The summed E-state index contributed by atoms with van der Waals surface area (Å²) in [7, 11) is -4.08. The molecular formula is C17H19ClN4O5S2. The fourth-order valence-electron chi connectivity index (χ4n) is 2.90. The van der Waals surface area contributed by atoms with Crippen LogP contribution in [0.3, 0.4) is 0 Å². The molecule has 1 aliphatic rings. The van der Waals surface area contributed by atoms with Gasteiger partial charge < -0.3 is 4.90 Å². The molecule has 1 aliphatic heterocycles. The number of aromatic nitrogens is 1. The van der Waals surface area contributed by atoms with Crippen LogP contribution >= 0.6 is 22.9 Å². The third kappa shape index (κ3) is 4.85. The van der Waals surface area contributed by atoms with Crippen molar-refractivity contribution in [2.75, 3.05) is 11.3 Å². The molecule has 1 N–H and O–H groups in total. The van der Waals surface area contributed by atoms with E-state index in [4.69, 9.17) is 11.6 Å². The largest absolute Gasteiger partial charge is 0.337 e. The highest BCUT2D eigenvalue weighted by molar-refractivity contribution is 7.93. The van der Waals surface area contributed by atoms with Crippen molar-refractivity contribution in [3.8, 4) is 0 Å². The van der Waals surface area contributed by atoms with Crippen molar-refractivity contribution in [3.05, 3.63) is 43.9 Å². The van der Waals surface area contributed by atoms with E-state index in [1.54, 1.807) is 4.90 Å². The number of nitrogens with zero attached hydrogens (tertiary/aromatic N) is 3. The van der Waals surface area contributed by atoms with Crippen LogP contribution < -0.4 is 4.72 Å². The first-order valence-electron chi connectivity index (χ1n) is 8.80. The van der Waals surface area contributed by atoms with E-state index in [0.717, 1.165) is 28.0 Å². The molecule has 2 heterocycles. The third-order valence-corrected chi connectivity index (χ3v) is 7.10. The molecular weight excluding hydrogens is 440 g/mol. The van der Waals surface area contributed by atoms with Crippen LogP contribution in [0.15, 0.2) is 23.1 Å². The van der Waals surface area contributed by atoms with E-state index in [-0.39, 0.29) is 26.9 Å². The highest BCUT2D eigenvalue weighted by Crippen LogP contribution is 2.32. The molecule has 29 heavy (non-hydrogen) atoms. The molecule has 0 unspecified atom stereocenters. The summed E-state index contributed by atoms with van der Waals surface area (Å²) in [6.07, 6.45) is 1.01.